The summed E-state index contributed by atoms with van der Waals surface area (Å²) in [6, 6.07) is 13.2. The van der Waals surface area contributed by atoms with E-state index < -0.39 is 15.8 Å². The number of carbonyl (C=O) groups is 1. The van der Waals surface area contributed by atoms with Crippen molar-refractivity contribution in [3.63, 3.8) is 0 Å². The molecule has 0 radical (unpaired) electrons. The molecule has 1 unspecified atom stereocenters. The van der Waals surface area contributed by atoms with E-state index in [1.54, 1.807) is 0 Å². The third-order valence-electron chi connectivity index (χ3n) is 7.18. The van der Waals surface area contributed by atoms with Gasteiger partial charge in [0.25, 0.3) is 0 Å². The van der Waals surface area contributed by atoms with E-state index in [1.165, 1.54) is 35.0 Å². The van der Waals surface area contributed by atoms with Gasteiger partial charge in [0.1, 0.15) is 5.82 Å². The maximum Gasteiger partial charge on any atom is 0.243 e. The topological polar surface area (TPSA) is 69.7 Å². The molecule has 2 aliphatic heterocycles. The van der Waals surface area contributed by atoms with Crippen LogP contribution in [-0.4, -0.2) is 44.8 Å². The number of halogens is 1. The van der Waals surface area contributed by atoms with Gasteiger partial charge < -0.3 is 10.2 Å². The van der Waals surface area contributed by atoms with Crippen LogP contribution in [0, 0.1) is 17.7 Å². The standard InChI is InChI=1S/C26H34FN3O3S/c1-19-11-15-29(16-12-19)24-7-3-21(4-8-24)20(2)28-26(31)22-13-17-30(18-14-22)34(32,33)25-9-5-23(27)6-10-25/h3-10,19-20,22H,11-18H2,1-2H3,(H,28,31). The molecule has 184 valence electrons. The zero-order chi connectivity index (χ0) is 24.3. The Balaban J connectivity index is 1.29. The first kappa shape index (κ1) is 24.7. The number of sulfonamides is 1. The molecule has 2 aromatic rings. The Morgan fingerprint density at radius 1 is 0.941 bits per heavy atom. The SMILES string of the molecule is CC1CCN(c2ccc(C(C)NC(=O)C3CCN(S(=O)(=O)c4ccc(F)cc4)CC3)cc2)CC1. The largest absolute Gasteiger partial charge is 0.372 e. The minimum Gasteiger partial charge on any atom is -0.372 e. The molecule has 1 atom stereocenters. The van der Waals surface area contributed by atoms with Gasteiger partial charge in [0.05, 0.1) is 10.9 Å². The highest BCUT2D eigenvalue weighted by Gasteiger charge is 2.32. The first-order chi connectivity index (χ1) is 16.2. The van der Waals surface area contributed by atoms with Crippen molar-refractivity contribution in [1.82, 2.24) is 9.62 Å². The summed E-state index contributed by atoms with van der Waals surface area (Å²) in [6.07, 6.45) is 3.37. The summed E-state index contributed by atoms with van der Waals surface area (Å²) in [7, 11) is -3.68. The van der Waals surface area contributed by atoms with Crippen LogP contribution in [0.5, 0.6) is 0 Å². The van der Waals surface area contributed by atoms with Crippen LogP contribution in [0.15, 0.2) is 53.4 Å². The summed E-state index contributed by atoms with van der Waals surface area (Å²) in [5, 5.41) is 3.10. The van der Waals surface area contributed by atoms with Crippen LogP contribution in [0.2, 0.25) is 0 Å². The first-order valence-corrected chi connectivity index (χ1v) is 13.6. The molecule has 0 aromatic heterocycles. The molecule has 2 aliphatic rings. The maximum absolute atomic E-state index is 13.1. The van der Waals surface area contributed by atoms with Gasteiger partial charge in [0, 0.05) is 37.8 Å². The predicted octanol–water partition coefficient (Wildman–Crippen LogP) is 4.34. The lowest BCUT2D eigenvalue weighted by molar-refractivity contribution is -0.126. The molecule has 1 N–H and O–H groups in total. The Kier molecular flexibility index (Phi) is 7.57. The maximum atomic E-state index is 13.1. The van der Waals surface area contributed by atoms with Crippen LogP contribution in [0.25, 0.3) is 0 Å². The van der Waals surface area contributed by atoms with Gasteiger partial charge in [-0.05, 0) is 80.5 Å². The van der Waals surface area contributed by atoms with Crippen LogP contribution in [0.4, 0.5) is 10.1 Å². The highest BCUT2D eigenvalue weighted by molar-refractivity contribution is 7.89. The predicted molar refractivity (Wildman–Crippen MR) is 131 cm³/mol. The van der Waals surface area contributed by atoms with Crippen molar-refractivity contribution < 1.29 is 17.6 Å². The quantitative estimate of drug-likeness (QED) is 0.658. The molecular weight excluding hydrogens is 453 g/mol. The number of anilines is 1. The Morgan fingerprint density at radius 2 is 1.53 bits per heavy atom. The first-order valence-electron chi connectivity index (χ1n) is 12.1. The molecule has 0 aliphatic carbocycles. The summed E-state index contributed by atoms with van der Waals surface area (Å²) in [5.74, 6) is 0.0528. The molecule has 0 spiro atoms. The van der Waals surface area contributed by atoms with Crippen molar-refractivity contribution in [3.05, 3.63) is 59.9 Å². The lowest BCUT2D eigenvalue weighted by Crippen LogP contribution is -2.43. The Hall–Kier alpha value is -2.45. The Labute approximate surface area is 202 Å². The van der Waals surface area contributed by atoms with Gasteiger partial charge in [-0.15, -0.1) is 0 Å². The normalized spacial score (nSPS) is 19.7. The van der Waals surface area contributed by atoms with E-state index >= 15 is 0 Å². The second kappa shape index (κ2) is 10.4. The van der Waals surface area contributed by atoms with Gasteiger partial charge in [0.2, 0.25) is 15.9 Å². The number of hydrogen-bond acceptors (Lipinski definition) is 4. The molecule has 2 aromatic carbocycles. The molecular formula is C26H34FN3O3S. The number of hydrogen-bond donors (Lipinski definition) is 1. The lowest BCUT2D eigenvalue weighted by Gasteiger charge is -2.32. The van der Waals surface area contributed by atoms with E-state index in [1.807, 2.05) is 6.92 Å². The highest BCUT2D eigenvalue weighted by atomic mass is 32.2. The molecule has 8 heteroatoms. The number of piperidine rings is 2. The molecule has 2 saturated heterocycles. The van der Waals surface area contributed by atoms with Crippen molar-refractivity contribution in [2.75, 3.05) is 31.1 Å². The van der Waals surface area contributed by atoms with Gasteiger partial charge in [-0.2, -0.15) is 4.31 Å². The fourth-order valence-electron chi connectivity index (χ4n) is 4.77. The van der Waals surface area contributed by atoms with Crippen molar-refractivity contribution in [3.8, 4) is 0 Å². The smallest absolute Gasteiger partial charge is 0.243 e. The average molecular weight is 488 g/mol. The molecule has 4 rings (SSSR count). The summed E-state index contributed by atoms with van der Waals surface area (Å²) in [6.45, 7) is 7.00. The minimum absolute atomic E-state index is 0.0413. The number of amides is 1. The number of benzene rings is 2. The van der Waals surface area contributed by atoms with E-state index in [-0.39, 0.29) is 35.9 Å². The van der Waals surface area contributed by atoms with Crippen LogP contribution in [-0.2, 0) is 14.8 Å². The van der Waals surface area contributed by atoms with Crippen molar-refractivity contribution >= 4 is 21.6 Å². The number of nitrogens with zero attached hydrogens (tertiary/aromatic N) is 2. The van der Waals surface area contributed by atoms with E-state index in [0.29, 0.717) is 12.8 Å². The molecule has 2 fully saturated rings. The van der Waals surface area contributed by atoms with Crippen LogP contribution in [0.3, 0.4) is 0 Å². The number of nitrogens with one attached hydrogen (secondary N) is 1. The molecule has 2 heterocycles. The molecule has 0 bridgehead atoms. The van der Waals surface area contributed by atoms with Gasteiger partial charge in [0.15, 0.2) is 0 Å². The molecule has 6 nitrogen and oxygen atoms in total. The van der Waals surface area contributed by atoms with Gasteiger partial charge in [-0.1, -0.05) is 19.1 Å². The zero-order valence-corrected chi connectivity index (χ0v) is 20.7. The van der Waals surface area contributed by atoms with E-state index in [4.69, 9.17) is 0 Å². The highest BCUT2D eigenvalue weighted by Crippen LogP contribution is 2.27. The second-order valence-electron chi connectivity index (χ2n) is 9.62. The Bertz CT molecular complexity index is 1070. The summed E-state index contributed by atoms with van der Waals surface area (Å²) < 4.78 is 40.1. The summed E-state index contributed by atoms with van der Waals surface area (Å²) >= 11 is 0. The molecule has 0 saturated carbocycles. The lowest BCUT2D eigenvalue weighted by atomic mass is 9.96. The van der Waals surface area contributed by atoms with Crippen molar-refractivity contribution in [2.45, 2.75) is 50.5 Å². The monoisotopic (exact) mass is 487 g/mol. The van der Waals surface area contributed by atoms with E-state index in [9.17, 15) is 17.6 Å². The van der Waals surface area contributed by atoms with Crippen LogP contribution >= 0.6 is 0 Å². The fraction of sp³-hybridized carbons (Fsp3) is 0.500. The molecule has 34 heavy (non-hydrogen) atoms. The third kappa shape index (κ3) is 5.61. The van der Waals surface area contributed by atoms with E-state index in [0.717, 1.165) is 36.7 Å². The second-order valence-corrected chi connectivity index (χ2v) is 11.6. The van der Waals surface area contributed by atoms with Crippen LogP contribution in [0.1, 0.15) is 51.1 Å². The van der Waals surface area contributed by atoms with Crippen LogP contribution < -0.4 is 10.2 Å². The summed E-state index contributed by atoms with van der Waals surface area (Å²) in [4.78, 5) is 15.4. The fourth-order valence-corrected chi connectivity index (χ4v) is 6.24. The number of rotatable bonds is 6. The van der Waals surface area contributed by atoms with Gasteiger partial charge >= 0.3 is 0 Å². The minimum atomic E-state index is -3.68. The zero-order valence-electron chi connectivity index (χ0n) is 19.9. The summed E-state index contributed by atoms with van der Waals surface area (Å²) in [5.41, 5.74) is 2.28. The molecule has 1 amide bonds. The van der Waals surface area contributed by atoms with E-state index in [2.05, 4.69) is 41.4 Å². The van der Waals surface area contributed by atoms with Crippen molar-refractivity contribution in [1.29, 1.82) is 0 Å². The Morgan fingerprint density at radius 3 is 2.12 bits per heavy atom. The van der Waals surface area contributed by atoms with Gasteiger partial charge in [-0.3, -0.25) is 4.79 Å². The third-order valence-corrected chi connectivity index (χ3v) is 9.09. The number of carbonyl (C=O) groups excluding carboxylic acids is 1. The average Bonchev–Trinajstić information content (AvgIpc) is 2.85. The van der Waals surface area contributed by atoms with Gasteiger partial charge in [-0.25, -0.2) is 12.8 Å². The van der Waals surface area contributed by atoms with Crippen molar-refractivity contribution in [2.24, 2.45) is 11.8 Å².